The zero-order valence-corrected chi connectivity index (χ0v) is 9.91. The number of carbonyl (C=O) groups is 1. The fraction of sp³-hybridized carbons (Fsp3) is 0.923. The van der Waals surface area contributed by atoms with Crippen LogP contribution in [-0.4, -0.2) is 29.2 Å². The van der Waals surface area contributed by atoms with E-state index in [4.69, 9.17) is 4.74 Å². The molecule has 2 rings (SSSR count). The Kier molecular flexibility index (Phi) is 3.98. The molecule has 0 bridgehead atoms. The van der Waals surface area contributed by atoms with Crippen molar-refractivity contribution in [1.29, 1.82) is 0 Å². The van der Waals surface area contributed by atoms with E-state index >= 15 is 0 Å². The van der Waals surface area contributed by atoms with Gasteiger partial charge in [-0.25, -0.2) is 0 Å². The highest BCUT2D eigenvalue weighted by molar-refractivity contribution is 5.87. The third kappa shape index (κ3) is 2.83. The molecule has 1 unspecified atom stereocenters. The van der Waals surface area contributed by atoms with E-state index < -0.39 is 5.60 Å². The Morgan fingerprint density at radius 1 is 1.25 bits per heavy atom. The Labute approximate surface area is 97.2 Å². The second-order valence-corrected chi connectivity index (χ2v) is 5.19. The second-order valence-electron chi connectivity index (χ2n) is 5.19. The summed E-state index contributed by atoms with van der Waals surface area (Å²) in [4.78, 5) is 12.0. The maximum Gasteiger partial charge on any atom is 0.164 e. The monoisotopic (exact) mass is 226 g/mol. The quantitative estimate of drug-likeness (QED) is 0.799. The third-order valence-electron chi connectivity index (χ3n) is 3.92. The number of ether oxygens (including phenoxy) is 1. The van der Waals surface area contributed by atoms with E-state index in [2.05, 4.69) is 0 Å². The van der Waals surface area contributed by atoms with Crippen LogP contribution in [0.2, 0.25) is 0 Å². The lowest BCUT2D eigenvalue weighted by molar-refractivity contribution is -0.141. The van der Waals surface area contributed by atoms with Crippen molar-refractivity contribution in [3.05, 3.63) is 0 Å². The second kappa shape index (κ2) is 5.28. The van der Waals surface area contributed by atoms with Gasteiger partial charge in [-0.2, -0.15) is 0 Å². The molecule has 3 heteroatoms. The molecule has 1 atom stereocenters. The highest BCUT2D eigenvalue weighted by Crippen LogP contribution is 2.30. The SMILES string of the molecule is O=C(CCC1CCCO1)C1(O)CCCCC1. The first-order valence-corrected chi connectivity index (χ1v) is 6.58. The van der Waals surface area contributed by atoms with Crippen LogP contribution in [0.4, 0.5) is 0 Å². The zero-order chi connectivity index (χ0) is 11.4. The molecule has 0 aromatic carbocycles. The summed E-state index contributed by atoms with van der Waals surface area (Å²) < 4.78 is 5.49. The minimum Gasteiger partial charge on any atom is -0.382 e. The van der Waals surface area contributed by atoms with Gasteiger partial charge < -0.3 is 9.84 Å². The van der Waals surface area contributed by atoms with Crippen molar-refractivity contribution in [2.75, 3.05) is 6.61 Å². The fourth-order valence-electron chi connectivity index (χ4n) is 2.81. The molecule has 2 fully saturated rings. The van der Waals surface area contributed by atoms with E-state index in [9.17, 15) is 9.90 Å². The van der Waals surface area contributed by atoms with Crippen LogP contribution in [0.25, 0.3) is 0 Å². The van der Waals surface area contributed by atoms with Gasteiger partial charge in [0, 0.05) is 13.0 Å². The molecule has 16 heavy (non-hydrogen) atoms. The summed E-state index contributed by atoms with van der Waals surface area (Å²) in [5.41, 5.74) is -1.00. The van der Waals surface area contributed by atoms with Crippen molar-refractivity contribution in [1.82, 2.24) is 0 Å². The van der Waals surface area contributed by atoms with Gasteiger partial charge in [0.05, 0.1) is 6.10 Å². The summed E-state index contributed by atoms with van der Waals surface area (Å²) in [6, 6.07) is 0. The number of hydrogen-bond donors (Lipinski definition) is 1. The largest absolute Gasteiger partial charge is 0.382 e. The number of rotatable bonds is 4. The molecule has 1 aliphatic carbocycles. The van der Waals surface area contributed by atoms with Gasteiger partial charge in [-0.1, -0.05) is 19.3 Å². The van der Waals surface area contributed by atoms with Crippen LogP contribution < -0.4 is 0 Å². The van der Waals surface area contributed by atoms with Crippen molar-refractivity contribution in [2.24, 2.45) is 0 Å². The molecule has 0 aromatic heterocycles. The minimum absolute atomic E-state index is 0.0442. The molecule has 0 aromatic rings. The summed E-state index contributed by atoms with van der Waals surface area (Å²) in [5, 5.41) is 10.2. The van der Waals surface area contributed by atoms with Crippen LogP contribution in [0.15, 0.2) is 0 Å². The Bertz CT molecular complexity index is 238. The Morgan fingerprint density at radius 2 is 2.00 bits per heavy atom. The number of Topliss-reactive ketones (excluding diaryl/α,β-unsaturated/α-hetero) is 1. The molecule has 0 radical (unpaired) electrons. The summed E-state index contributed by atoms with van der Waals surface area (Å²) >= 11 is 0. The maximum absolute atomic E-state index is 12.0. The van der Waals surface area contributed by atoms with Crippen LogP contribution in [0.5, 0.6) is 0 Å². The molecule has 0 spiro atoms. The van der Waals surface area contributed by atoms with Gasteiger partial charge in [-0.15, -0.1) is 0 Å². The topological polar surface area (TPSA) is 46.5 Å². The lowest BCUT2D eigenvalue weighted by Gasteiger charge is -2.30. The molecule has 1 saturated carbocycles. The first kappa shape index (κ1) is 12.1. The van der Waals surface area contributed by atoms with Crippen molar-refractivity contribution >= 4 is 5.78 Å². The molecule has 1 aliphatic heterocycles. The predicted molar refractivity (Wildman–Crippen MR) is 61.2 cm³/mol. The fourth-order valence-corrected chi connectivity index (χ4v) is 2.81. The van der Waals surface area contributed by atoms with E-state index in [1.54, 1.807) is 0 Å². The van der Waals surface area contributed by atoms with Crippen molar-refractivity contribution < 1.29 is 14.6 Å². The van der Waals surface area contributed by atoms with Crippen molar-refractivity contribution in [3.63, 3.8) is 0 Å². The molecular weight excluding hydrogens is 204 g/mol. The molecule has 3 nitrogen and oxygen atoms in total. The normalized spacial score (nSPS) is 29.2. The zero-order valence-electron chi connectivity index (χ0n) is 9.91. The average Bonchev–Trinajstić information content (AvgIpc) is 2.79. The van der Waals surface area contributed by atoms with Gasteiger partial charge in [0.2, 0.25) is 0 Å². The van der Waals surface area contributed by atoms with Gasteiger partial charge in [-0.05, 0) is 32.1 Å². The van der Waals surface area contributed by atoms with Gasteiger partial charge >= 0.3 is 0 Å². The highest BCUT2D eigenvalue weighted by Gasteiger charge is 2.36. The van der Waals surface area contributed by atoms with Gasteiger partial charge in [0.25, 0.3) is 0 Å². The lowest BCUT2D eigenvalue weighted by Crippen LogP contribution is -2.40. The van der Waals surface area contributed by atoms with E-state index in [1.165, 1.54) is 0 Å². The van der Waals surface area contributed by atoms with Gasteiger partial charge in [0.1, 0.15) is 5.60 Å². The summed E-state index contributed by atoms with van der Waals surface area (Å²) in [6.45, 7) is 0.836. The minimum atomic E-state index is -1.00. The standard InChI is InChI=1S/C13H22O3/c14-12(7-6-11-5-4-10-16-11)13(15)8-2-1-3-9-13/h11,15H,1-10H2. The average molecular weight is 226 g/mol. The van der Waals surface area contributed by atoms with E-state index in [0.717, 1.165) is 45.1 Å². The predicted octanol–water partition coefficient (Wildman–Crippen LogP) is 2.21. The third-order valence-corrected chi connectivity index (χ3v) is 3.92. The van der Waals surface area contributed by atoms with Crippen molar-refractivity contribution in [2.45, 2.75) is 69.5 Å². The number of aliphatic hydroxyl groups is 1. The number of carbonyl (C=O) groups excluding carboxylic acids is 1. The Hall–Kier alpha value is -0.410. The maximum atomic E-state index is 12.0. The van der Waals surface area contributed by atoms with E-state index in [1.807, 2.05) is 0 Å². The molecule has 1 saturated heterocycles. The first-order valence-electron chi connectivity index (χ1n) is 6.58. The van der Waals surface area contributed by atoms with E-state index in [-0.39, 0.29) is 11.9 Å². The summed E-state index contributed by atoms with van der Waals surface area (Å²) in [5.74, 6) is 0.0442. The Balaban J connectivity index is 1.77. The molecule has 1 heterocycles. The summed E-state index contributed by atoms with van der Waals surface area (Å²) in [7, 11) is 0. The van der Waals surface area contributed by atoms with E-state index in [0.29, 0.717) is 19.3 Å². The number of hydrogen-bond acceptors (Lipinski definition) is 3. The first-order chi connectivity index (χ1) is 7.71. The molecule has 92 valence electrons. The van der Waals surface area contributed by atoms with Crippen LogP contribution in [0.3, 0.4) is 0 Å². The molecular formula is C13H22O3. The van der Waals surface area contributed by atoms with Crippen LogP contribution in [0.1, 0.15) is 57.8 Å². The molecule has 1 N–H and O–H groups in total. The highest BCUT2D eigenvalue weighted by atomic mass is 16.5. The number of ketones is 1. The van der Waals surface area contributed by atoms with Crippen molar-refractivity contribution in [3.8, 4) is 0 Å². The lowest BCUT2D eigenvalue weighted by atomic mass is 9.80. The molecule has 2 aliphatic rings. The molecule has 0 amide bonds. The van der Waals surface area contributed by atoms with Gasteiger partial charge in [-0.3, -0.25) is 4.79 Å². The van der Waals surface area contributed by atoms with Crippen LogP contribution >= 0.6 is 0 Å². The summed E-state index contributed by atoms with van der Waals surface area (Å²) in [6.07, 6.45) is 8.19. The Morgan fingerprint density at radius 3 is 2.62 bits per heavy atom. The van der Waals surface area contributed by atoms with Gasteiger partial charge in [0.15, 0.2) is 5.78 Å². The van der Waals surface area contributed by atoms with Crippen LogP contribution in [0, 0.1) is 0 Å². The van der Waals surface area contributed by atoms with Crippen LogP contribution in [-0.2, 0) is 9.53 Å². The smallest absolute Gasteiger partial charge is 0.164 e.